The van der Waals surface area contributed by atoms with Crippen molar-refractivity contribution in [1.29, 1.82) is 0 Å². The molecule has 1 aromatic heterocycles. The molecule has 38 heavy (non-hydrogen) atoms. The van der Waals surface area contributed by atoms with Crippen molar-refractivity contribution in [3.05, 3.63) is 83.2 Å². The smallest absolute Gasteiger partial charge is 0.449 e. The van der Waals surface area contributed by atoms with Crippen LogP contribution in [0.4, 0.5) is 13.2 Å². The maximum absolute atomic E-state index is 13.9. The fourth-order valence-corrected chi connectivity index (χ4v) is 5.08. The van der Waals surface area contributed by atoms with Crippen LogP contribution < -0.4 is 14.8 Å². The summed E-state index contributed by atoms with van der Waals surface area (Å²) in [6, 6.07) is 15.3. The second kappa shape index (κ2) is 9.67. The standard InChI is InChI=1S/C26H22F3N3O5S/c1-2-38(34,35)19-9-6-16(7-10-19)13-30-24(33)17-8-11-21-20(12-17)31-25(26(27,28)29)32(21)14-18-4-3-5-22-23(18)37-15-36-22/h3-12H,2,13-15H2,1H3,(H,30,33). The van der Waals surface area contributed by atoms with Gasteiger partial charge in [-0.3, -0.25) is 4.79 Å². The number of amides is 1. The lowest BCUT2D eigenvalue weighted by molar-refractivity contribution is -0.146. The highest BCUT2D eigenvalue weighted by molar-refractivity contribution is 7.91. The number of para-hydroxylation sites is 1. The van der Waals surface area contributed by atoms with Gasteiger partial charge >= 0.3 is 6.18 Å². The molecule has 1 aliphatic heterocycles. The number of hydrogen-bond acceptors (Lipinski definition) is 6. The second-order valence-electron chi connectivity index (χ2n) is 8.60. The van der Waals surface area contributed by atoms with Crippen LogP contribution in [-0.4, -0.2) is 36.4 Å². The Bertz CT molecular complexity index is 1630. The largest absolute Gasteiger partial charge is 0.454 e. The van der Waals surface area contributed by atoms with E-state index in [2.05, 4.69) is 10.3 Å². The number of hydrogen-bond donors (Lipinski definition) is 1. The lowest BCUT2D eigenvalue weighted by atomic mass is 10.1. The van der Waals surface area contributed by atoms with Crippen LogP contribution in [0.2, 0.25) is 0 Å². The fourth-order valence-electron chi connectivity index (χ4n) is 4.20. The normalized spacial score (nSPS) is 13.2. The topological polar surface area (TPSA) is 99.5 Å². The van der Waals surface area contributed by atoms with Gasteiger partial charge in [0.1, 0.15) is 0 Å². The van der Waals surface area contributed by atoms with Crippen molar-refractivity contribution < 1.29 is 35.9 Å². The summed E-state index contributed by atoms with van der Waals surface area (Å²) in [7, 11) is -3.33. The van der Waals surface area contributed by atoms with E-state index in [9.17, 15) is 26.4 Å². The van der Waals surface area contributed by atoms with E-state index in [1.165, 1.54) is 30.3 Å². The van der Waals surface area contributed by atoms with E-state index < -0.39 is 27.7 Å². The first-order chi connectivity index (χ1) is 18.1. The summed E-state index contributed by atoms with van der Waals surface area (Å²) >= 11 is 0. The number of nitrogens with zero attached hydrogens (tertiary/aromatic N) is 2. The van der Waals surface area contributed by atoms with Crippen LogP contribution in [0.5, 0.6) is 11.5 Å². The van der Waals surface area contributed by atoms with Crippen molar-refractivity contribution >= 4 is 26.8 Å². The number of imidazole rings is 1. The van der Waals surface area contributed by atoms with Gasteiger partial charge in [-0.2, -0.15) is 13.2 Å². The highest BCUT2D eigenvalue weighted by Crippen LogP contribution is 2.38. The molecule has 0 bridgehead atoms. The predicted octanol–water partition coefficient (Wildman–Crippen LogP) is 4.56. The van der Waals surface area contributed by atoms with Crippen LogP contribution >= 0.6 is 0 Å². The minimum Gasteiger partial charge on any atom is -0.454 e. The molecular weight excluding hydrogens is 523 g/mol. The maximum atomic E-state index is 13.9. The monoisotopic (exact) mass is 545 g/mol. The Morgan fingerprint density at radius 3 is 2.55 bits per heavy atom. The summed E-state index contributed by atoms with van der Waals surface area (Å²) in [5.74, 6) is -0.775. The van der Waals surface area contributed by atoms with Crippen molar-refractivity contribution in [3.63, 3.8) is 0 Å². The highest BCUT2D eigenvalue weighted by atomic mass is 32.2. The Morgan fingerprint density at radius 2 is 1.84 bits per heavy atom. The number of nitrogens with one attached hydrogen (secondary N) is 1. The van der Waals surface area contributed by atoms with Crippen LogP contribution in [0.3, 0.4) is 0 Å². The Labute approximate surface area is 215 Å². The van der Waals surface area contributed by atoms with E-state index >= 15 is 0 Å². The molecule has 0 radical (unpaired) electrons. The Morgan fingerprint density at radius 1 is 1.08 bits per heavy atom. The zero-order valence-electron chi connectivity index (χ0n) is 20.1. The summed E-state index contributed by atoms with van der Waals surface area (Å²) in [6.07, 6.45) is -4.73. The highest BCUT2D eigenvalue weighted by Gasteiger charge is 2.38. The SMILES string of the molecule is CCS(=O)(=O)c1ccc(CNC(=O)c2ccc3c(c2)nc(C(F)(F)F)n3Cc2cccc3c2OCO3)cc1. The fraction of sp³-hybridized carbons (Fsp3) is 0.231. The third-order valence-corrected chi connectivity index (χ3v) is 7.94. The van der Waals surface area contributed by atoms with Crippen LogP contribution in [0.25, 0.3) is 11.0 Å². The number of carbonyl (C=O) groups excluding carboxylic acids is 1. The van der Waals surface area contributed by atoms with Gasteiger partial charge in [0.05, 0.1) is 28.2 Å². The minimum atomic E-state index is -4.73. The summed E-state index contributed by atoms with van der Waals surface area (Å²) in [6.45, 7) is 1.49. The molecule has 4 aromatic rings. The molecule has 0 atom stereocenters. The molecule has 198 valence electrons. The van der Waals surface area contributed by atoms with Gasteiger partial charge in [-0.05, 0) is 42.0 Å². The molecule has 1 amide bonds. The first-order valence-corrected chi connectivity index (χ1v) is 13.3. The number of rotatable bonds is 7. The third-order valence-electron chi connectivity index (χ3n) is 6.19. The number of alkyl halides is 3. The summed E-state index contributed by atoms with van der Waals surface area (Å²) in [5.41, 5.74) is 1.53. The third kappa shape index (κ3) is 4.91. The van der Waals surface area contributed by atoms with E-state index in [1.807, 2.05) is 0 Å². The summed E-state index contributed by atoms with van der Waals surface area (Å²) in [5, 5.41) is 2.70. The summed E-state index contributed by atoms with van der Waals surface area (Å²) in [4.78, 5) is 16.7. The van der Waals surface area contributed by atoms with Crippen LogP contribution in [-0.2, 0) is 29.1 Å². The number of halogens is 3. The molecule has 5 rings (SSSR count). The van der Waals surface area contributed by atoms with Gasteiger partial charge in [-0.25, -0.2) is 13.4 Å². The van der Waals surface area contributed by atoms with Gasteiger partial charge in [0, 0.05) is 17.7 Å². The van der Waals surface area contributed by atoms with Gasteiger partial charge in [-0.15, -0.1) is 0 Å². The predicted molar refractivity (Wildman–Crippen MR) is 132 cm³/mol. The molecule has 0 saturated heterocycles. The number of benzene rings is 3. The van der Waals surface area contributed by atoms with Gasteiger partial charge in [0.15, 0.2) is 21.3 Å². The van der Waals surface area contributed by atoms with Crippen molar-refractivity contribution in [2.24, 2.45) is 0 Å². The molecule has 0 aliphatic carbocycles. The van der Waals surface area contributed by atoms with E-state index in [1.54, 1.807) is 37.3 Å². The van der Waals surface area contributed by atoms with E-state index in [-0.39, 0.29) is 47.1 Å². The summed E-state index contributed by atoms with van der Waals surface area (Å²) < 4.78 is 77.4. The van der Waals surface area contributed by atoms with Crippen LogP contribution in [0.15, 0.2) is 65.6 Å². The van der Waals surface area contributed by atoms with E-state index in [0.29, 0.717) is 22.6 Å². The number of ether oxygens (including phenoxy) is 2. The van der Waals surface area contributed by atoms with Crippen molar-refractivity contribution in [2.45, 2.75) is 31.1 Å². The Hall–Kier alpha value is -4.06. The molecule has 8 nitrogen and oxygen atoms in total. The van der Waals surface area contributed by atoms with Gasteiger partial charge in [0.25, 0.3) is 5.91 Å². The second-order valence-corrected chi connectivity index (χ2v) is 10.9. The van der Waals surface area contributed by atoms with Gasteiger partial charge in [-0.1, -0.05) is 31.2 Å². The molecule has 0 fully saturated rings. The zero-order valence-corrected chi connectivity index (χ0v) is 20.9. The zero-order chi connectivity index (χ0) is 27.1. The first-order valence-electron chi connectivity index (χ1n) is 11.6. The molecule has 1 aliphatic rings. The van der Waals surface area contributed by atoms with Crippen molar-refractivity contribution in [2.75, 3.05) is 12.5 Å². The Balaban J connectivity index is 1.39. The molecule has 0 saturated carbocycles. The Kier molecular flexibility index (Phi) is 6.51. The number of carbonyl (C=O) groups is 1. The van der Waals surface area contributed by atoms with E-state index in [4.69, 9.17) is 9.47 Å². The molecule has 12 heteroatoms. The van der Waals surface area contributed by atoms with Crippen LogP contribution in [0, 0.1) is 0 Å². The average molecular weight is 546 g/mol. The number of sulfone groups is 1. The minimum absolute atomic E-state index is 0.0103. The van der Waals surface area contributed by atoms with Crippen molar-refractivity contribution in [1.82, 2.24) is 14.9 Å². The van der Waals surface area contributed by atoms with Crippen LogP contribution in [0.1, 0.15) is 34.2 Å². The van der Waals surface area contributed by atoms with Gasteiger partial charge in [0.2, 0.25) is 12.6 Å². The van der Waals surface area contributed by atoms with E-state index in [0.717, 1.165) is 4.57 Å². The molecule has 1 N–H and O–H groups in total. The molecule has 0 spiro atoms. The molecule has 2 heterocycles. The number of fused-ring (bicyclic) bond motifs is 2. The van der Waals surface area contributed by atoms with Gasteiger partial charge < -0.3 is 19.4 Å². The number of aromatic nitrogens is 2. The lowest BCUT2D eigenvalue weighted by Gasteiger charge is -2.13. The lowest BCUT2D eigenvalue weighted by Crippen LogP contribution is -2.22. The average Bonchev–Trinajstić information content (AvgIpc) is 3.53. The molecular formula is C26H22F3N3O5S. The quantitative estimate of drug-likeness (QED) is 0.366. The first kappa shape index (κ1) is 25.6. The molecule has 3 aromatic carbocycles. The van der Waals surface area contributed by atoms with Crippen molar-refractivity contribution in [3.8, 4) is 11.5 Å². The molecule has 0 unspecified atom stereocenters. The maximum Gasteiger partial charge on any atom is 0.449 e.